The molecule has 4 fully saturated rings. The molecular formula is C46H63N5O5. The van der Waals surface area contributed by atoms with Crippen LogP contribution in [-0.4, -0.2) is 50.2 Å². The first-order valence-corrected chi connectivity index (χ1v) is 21.1. The van der Waals surface area contributed by atoms with Gasteiger partial charge in [0.25, 0.3) is 0 Å². The van der Waals surface area contributed by atoms with Crippen LogP contribution in [0.5, 0.6) is 0 Å². The van der Waals surface area contributed by atoms with E-state index in [2.05, 4.69) is 59.1 Å². The highest BCUT2D eigenvalue weighted by atomic mass is 16.5. The van der Waals surface area contributed by atoms with Crippen LogP contribution >= 0.6 is 0 Å². The van der Waals surface area contributed by atoms with Gasteiger partial charge < -0.3 is 20.1 Å². The van der Waals surface area contributed by atoms with Crippen LogP contribution in [-0.2, 0) is 31.1 Å². The first-order valence-electron chi connectivity index (χ1n) is 21.1. The molecule has 5 aliphatic carbocycles. The molecule has 5 aliphatic rings. The van der Waals surface area contributed by atoms with E-state index < -0.39 is 22.8 Å². The van der Waals surface area contributed by atoms with Crippen LogP contribution in [0.15, 0.2) is 35.4 Å². The molecule has 0 spiro atoms. The Labute approximate surface area is 333 Å². The summed E-state index contributed by atoms with van der Waals surface area (Å²) in [4.78, 5) is 39.4. The van der Waals surface area contributed by atoms with E-state index in [4.69, 9.17) is 20.7 Å². The van der Waals surface area contributed by atoms with Crippen LogP contribution in [0.3, 0.4) is 0 Å². The highest BCUT2D eigenvalue weighted by Crippen LogP contribution is 2.76. The minimum absolute atomic E-state index is 0.0255. The second kappa shape index (κ2) is 13.6. The van der Waals surface area contributed by atoms with Gasteiger partial charge in [-0.1, -0.05) is 48.5 Å². The minimum atomic E-state index is -1.18. The number of Topliss-reactive ketones (excluding diaryl/α,β-unsaturated/α-hetero) is 1. The third-order valence-electron chi connectivity index (χ3n) is 16.6. The van der Waals surface area contributed by atoms with Gasteiger partial charge in [-0.25, -0.2) is 0 Å². The number of aromatic nitrogens is 3. The van der Waals surface area contributed by atoms with E-state index in [1.807, 2.05) is 12.1 Å². The van der Waals surface area contributed by atoms with Crippen LogP contribution in [0.4, 0.5) is 0 Å². The number of benzene rings is 1. The molecule has 7 rings (SSSR count). The number of nitrogens with zero attached hydrogens (tertiary/aromatic N) is 4. The number of carboxylic acids is 1. The Balaban J connectivity index is 1.24. The average molecular weight is 766 g/mol. The number of aliphatic carboxylic acids is 1. The maximum Gasteiger partial charge on any atom is 0.309 e. The molecule has 0 saturated heterocycles. The summed E-state index contributed by atoms with van der Waals surface area (Å²) in [5, 5.41) is 28.8. The molecule has 2 aromatic rings. The number of carbonyl (C=O) groups excluding carboxylic acids is 2. The number of rotatable bonds is 9. The number of nitriles is 1. The van der Waals surface area contributed by atoms with Gasteiger partial charge in [-0.05, 0) is 141 Å². The van der Waals surface area contributed by atoms with Crippen molar-refractivity contribution < 1.29 is 24.2 Å². The molecular weight excluding hydrogens is 703 g/mol. The Hall–Kier alpha value is -3.84. The van der Waals surface area contributed by atoms with Gasteiger partial charge in [0.1, 0.15) is 11.9 Å². The predicted molar refractivity (Wildman–Crippen MR) is 214 cm³/mol. The van der Waals surface area contributed by atoms with Crippen molar-refractivity contribution in [2.24, 2.45) is 56.5 Å². The number of ketones is 1. The summed E-state index contributed by atoms with van der Waals surface area (Å²) in [7, 11) is 0. The molecule has 1 aromatic heterocycles. The summed E-state index contributed by atoms with van der Waals surface area (Å²) in [5.74, 6) is 1.53. The van der Waals surface area contributed by atoms with Crippen molar-refractivity contribution in [1.82, 2.24) is 14.8 Å². The Morgan fingerprint density at radius 3 is 2.30 bits per heavy atom. The quantitative estimate of drug-likeness (QED) is 0.239. The van der Waals surface area contributed by atoms with Gasteiger partial charge in [-0.15, -0.1) is 10.2 Å². The maximum absolute atomic E-state index is 14.4. The van der Waals surface area contributed by atoms with E-state index in [0.717, 1.165) is 74.2 Å². The summed E-state index contributed by atoms with van der Waals surface area (Å²) < 4.78 is 8.35. The number of carboxylic acid groups (broad SMARTS) is 1. The van der Waals surface area contributed by atoms with Gasteiger partial charge in [0.2, 0.25) is 0 Å². The number of ether oxygens (including phenoxy) is 1. The highest BCUT2D eigenvalue weighted by molar-refractivity contribution is 6.01. The van der Waals surface area contributed by atoms with Crippen LogP contribution in [0.2, 0.25) is 0 Å². The highest BCUT2D eigenvalue weighted by Gasteiger charge is 2.71. The van der Waals surface area contributed by atoms with Gasteiger partial charge in [-0.3, -0.25) is 14.4 Å². The second-order valence-corrected chi connectivity index (χ2v) is 20.5. The summed E-state index contributed by atoms with van der Waals surface area (Å²) in [6.45, 7) is 20.6. The minimum Gasteiger partial charge on any atom is -0.481 e. The summed E-state index contributed by atoms with van der Waals surface area (Å²) in [6, 6.07) is 9.65. The molecule has 0 aliphatic heterocycles. The van der Waals surface area contributed by atoms with Crippen molar-refractivity contribution in [1.29, 1.82) is 5.26 Å². The third kappa shape index (κ3) is 5.75. The Kier molecular flexibility index (Phi) is 9.83. The topological polar surface area (TPSA) is 161 Å². The summed E-state index contributed by atoms with van der Waals surface area (Å²) in [5.41, 5.74) is 8.09. The summed E-state index contributed by atoms with van der Waals surface area (Å²) >= 11 is 0. The number of esters is 1. The zero-order chi connectivity index (χ0) is 40.8. The zero-order valence-corrected chi connectivity index (χ0v) is 35.1. The third-order valence-corrected chi connectivity index (χ3v) is 16.6. The van der Waals surface area contributed by atoms with Gasteiger partial charge >= 0.3 is 11.9 Å². The summed E-state index contributed by atoms with van der Waals surface area (Å²) in [6.07, 6.45) is 7.74. The lowest BCUT2D eigenvalue weighted by Gasteiger charge is -2.72. The van der Waals surface area contributed by atoms with E-state index in [1.54, 1.807) is 26.0 Å². The number of hydrogen-bond donors (Lipinski definition) is 2. The Bertz CT molecular complexity index is 2000. The molecule has 0 bridgehead atoms. The smallest absolute Gasteiger partial charge is 0.309 e. The normalized spacial score (nSPS) is 34.9. The van der Waals surface area contributed by atoms with Crippen LogP contribution in [0.1, 0.15) is 138 Å². The van der Waals surface area contributed by atoms with Crippen LogP contribution in [0, 0.1) is 62.1 Å². The Morgan fingerprint density at radius 2 is 1.68 bits per heavy atom. The van der Waals surface area contributed by atoms with E-state index in [0.29, 0.717) is 36.9 Å². The zero-order valence-electron chi connectivity index (χ0n) is 35.1. The van der Waals surface area contributed by atoms with Crippen molar-refractivity contribution >= 4 is 17.7 Å². The Morgan fingerprint density at radius 1 is 0.982 bits per heavy atom. The molecule has 3 unspecified atom stereocenters. The largest absolute Gasteiger partial charge is 0.481 e. The van der Waals surface area contributed by atoms with Gasteiger partial charge in [0.15, 0.2) is 11.6 Å². The lowest BCUT2D eigenvalue weighted by atomic mass is 9.33. The van der Waals surface area contributed by atoms with E-state index in [1.165, 1.54) is 5.57 Å². The lowest BCUT2D eigenvalue weighted by molar-refractivity contribution is -0.232. The first-order chi connectivity index (χ1) is 26.2. The van der Waals surface area contributed by atoms with Crippen molar-refractivity contribution in [2.45, 2.75) is 145 Å². The van der Waals surface area contributed by atoms with Gasteiger partial charge in [-0.2, -0.15) is 5.26 Å². The second-order valence-electron chi connectivity index (χ2n) is 20.5. The molecule has 56 heavy (non-hydrogen) atoms. The molecule has 0 amide bonds. The fraction of sp³-hybridized carbons (Fsp3) is 0.696. The van der Waals surface area contributed by atoms with Crippen LogP contribution in [0.25, 0.3) is 11.4 Å². The molecule has 10 heteroatoms. The van der Waals surface area contributed by atoms with Crippen molar-refractivity contribution in [3.8, 4) is 17.5 Å². The van der Waals surface area contributed by atoms with Gasteiger partial charge in [0.05, 0.1) is 28.9 Å². The standard InChI is InChI=1S/C46H63N5O5/c1-27(2)36-31(52)24-46(39-50-49-38(51(39)23-22-47)29-12-10-28(26-48)11-13-29)21-20-44(8)30(37(36)46)14-15-33-43(7)18-17-34(56-35(53)25-41(3,4)40(54)55)42(5,6)32(43)16-19-45(33,44)9/h10-13,27,30,32-34H,14-25,47H2,1-9H3,(H,54,55)/t30-,32?,33?,34+,43+,44-,45-,46?/m1/s1. The van der Waals surface area contributed by atoms with Crippen molar-refractivity contribution in [3.63, 3.8) is 0 Å². The van der Waals surface area contributed by atoms with Gasteiger partial charge in [0, 0.05) is 30.5 Å². The number of nitrogens with two attached hydrogens (primary N) is 1. The lowest BCUT2D eigenvalue weighted by Crippen LogP contribution is -2.66. The average Bonchev–Trinajstić information content (AvgIpc) is 3.68. The molecule has 10 nitrogen and oxygen atoms in total. The molecule has 8 atom stereocenters. The number of hydrogen-bond acceptors (Lipinski definition) is 8. The fourth-order valence-corrected chi connectivity index (χ4v) is 13.6. The van der Waals surface area contributed by atoms with E-state index in [9.17, 15) is 24.8 Å². The predicted octanol–water partition coefficient (Wildman–Crippen LogP) is 8.42. The number of carbonyl (C=O) groups is 3. The number of fused-ring (bicyclic) bond motifs is 7. The molecule has 4 saturated carbocycles. The van der Waals surface area contributed by atoms with Crippen LogP contribution < -0.4 is 5.73 Å². The fourth-order valence-electron chi connectivity index (χ4n) is 13.6. The molecule has 3 N–H and O–H groups in total. The van der Waals surface area contributed by atoms with E-state index >= 15 is 0 Å². The molecule has 1 heterocycles. The van der Waals surface area contributed by atoms with Crippen molar-refractivity contribution in [3.05, 3.63) is 46.8 Å². The number of allylic oxidation sites excluding steroid dienone is 2. The maximum atomic E-state index is 14.4. The molecule has 0 radical (unpaired) electrons. The SMILES string of the molecule is CC(C)C1=C2[C@H]3CCC4[C@@]5(C)CC[C@H](OC(=O)CC(C)(C)C(=O)O)C(C)(C)C5CC[C@@]4(C)[C@]3(C)CCC2(c2nnc(-c3ccc(C#N)cc3)n2CCN)CC1=O. The van der Waals surface area contributed by atoms with Crippen molar-refractivity contribution in [2.75, 3.05) is 6.54 Å². The molecule has 1 aromatic carbocycles. The molecule has 302 valence electrons. The first kappa shape index (κ1) is 40.4. The monoisotopic (exact) mass is 765 g/mol. The van der Waals surface area contributed by atoms with E-state index in [-0.39, 0.29) is 51.8 Å².